The average Bonchev–Trinajstić information content (AvgIpc) is 2.29. The predicted molar refractivity (Wildman–Crippen MR) is 69.5 cm³/mol. The summed E-state index contributed by atoms with van der Waals surface area (Å²) in [6, 6.07) is 2.97. The molecule has 6 heteroatoms. The van der Waals surface area contributed by atoms with Crippen LogP contribution in [0.1, 0.15) is 23.2 Å². The number of unbranched alkanes of at least 4 members (excludes halogenated alkanes) is 1. The number of halogens is 2. The van der Waals surface area contributed by atoms with Crippen LogP contribution in [0.25, 0.3) is 0 Å². The molecule has 0 radical (unpaired) electrons. The molecule has 0 fully saturated rings. The zero-order chi connectivity index (χ0) is 12.8. The van der Waals surface area contributed by atoms with E-state index < -0.39 is 0 Å². The maximum absolute atomic E-state index is 11.8. The lowest BCUT2D eigenvalue weighted by molar-refractivity contribution is 0.0952. The van der Waals surface area contributed by atoms with Gasteiger partial charge in [0.2, 0.25) is 0 Å². The number of nitrogens with one attached hydrogen (secondary N) is 1. The highest BCUT2D eigenvalue weighted by Crippen LogP contribution is 2.28. The zero-order valence-electron chi connectivity index (χ0n) is 9.17. The Morgan fingerprint density at radius 3 is 2.71 bits per heavy atom. The molecule has 0 aliphatic rings. The van der Waals surface area contributed by atoms with Crippen LogP contribution in [-0.2, 0) is 0 Å². The number of benzene rings is 1. The first-order chi connectivity index (χ1) is 8.06. The molecular weight excluding hydrogens is 263 g/mol. The lowest BCUT2D eigenvalue weighted by Crippen LogP contribution is -2.25. The van der Waals surface area contributed by atoms with E-state index in [1.54, 1.807) is 0 Å². The number of nitrogen functional groups attached to an aromatic ring is 1. The van der Waals surface area contributed by atoms with Gasteiger partial charge in [-0.05, 0) is 25.0 Å². The summed E-state index contributed by atoms with van der Waals surface area (Å²) in [6.07, 6.45) is 1.35. The lowest BCUT2D eigenvalue weighted by atomic mass is 10.2. The molecule has 0 spiro atoms. The van der Waals surface area contributed by atoms with Crippen LogP contribution in [0.3, 0.4) is 0 Å². The summed E-state index contributed by atoms with van der Waals surface area (Å²) in [6.45, 7) is 0.586. The Kier molecular flexibility index (Phi) is 5.55. The van der Waals surface area contributed by atoms with Crippen molar-refractivity contribution in [1.82, 2.24) is 5.32 Å². The van der Waals surface area contributed by atoms with Gasteiger partial charge in [0.1, 0.15) is 0 Å². The topological polar surface area (TPSA) is 75.4 Å². The van der Waals surface area contributed by atoms with Gasteiger partial charge >= 0.3 is 0 Å². The molecule has 0 aromatic heterocycles. The smallest absolute Gasteiger partial charge is 0.252 e. The molecule has 0 heterocycles. The molecule has 0 saturated heterocycles. The highest BCUT2D eigenvalue weighted by molar-refractivity contribution is 6.44. The summed E-state index contributed by atoms with van der Waals surface area (Å²) < 4.78 is 0. The number of carbonyl (C=O) groups excluding carboxylic acids is 1. The first kappa shape index (κ1) is 14.1. The fraction of sp³-hybridized carbons (Fsp3) is 0.364. The van der Waals surface area contributed by atoms with Gasteiger partial charge in [-0.1, -0.05) is 23.2 Å². The van der Waals surface area contributed by atoms with Crippen molar-refractivity contribution in [2.24, 2.45) is 0 Å². The summed E-state index contributed by atoms with van der Waals surface area (Å²) >= 11 is 11.7. The Morgan fingerprint density at radius 2 is 2.06 bits per heavy atom. The van der Waals surface area contributed by atoms with Crippen LogP contribution in [0.4, 0.5) is 5.69 Å². The van der Waals surface area contributed by atoms with Gasteiger partial charge in [-0.2, -0.15) is 0 Å². The van der Waals surface area contributed by atoms with Gasteiger partial charge in [-0.25, -0.2) is 0 Å². The molecule has 1 amide bonds. The summed E-state index contributed by atoms with van der Waals surface area (Å²) in [5.41, 5.74) is 6.24. The maximum Gasteiger partial charge on any atom is 0.252 e. The molecule has 0 atom stereocenters. The number of aliphatic hydroxyl groups excluding tert-OH is 1. The third kappa shape index (κ3) is 4.07. The van der Waals surface area contributed by atoms with E-state index >= 15 is 0 Å². The highest BCUT2D eigenvalue weighted by atomic mass is 35.5. The third-order valence-electron chi connectivity index (χ3n) is 2.17. The summed E-state index contributed by atoms with van der Waals surface area (Å²) in [4.78, 5) is 11.8. The fourth-order valence-corrected chi connectivity index (χ4v) is 1.73. The van der Waals surface area contributed by atoms with Gasteiger partial charge in [0.05, 0.1) is 15.6 Å². The Morgan fingerprint density at radius 1 is 1.35 bits per heavy atom. The van der Waals surface area contributed by atoms with Gasteiger partial charge in [0.15, 0.2) is 0 Å². The molecule has 1 aromatic rings. The normalized spacial score (nSPS) is 10.3. The summed E-state index contributed by atoms with van der Waals surface area (Å²) in [5, 5.41) is 11.7. The zero-order valence-corrected chi connectivity index (χ0v) is 10.7. The van der Waals surface area contributed by atoms with Gasteiger partial charge in [0.25, 0.3) is 5.91 Å². The van der Waals surface area contributed by atoms with Crippen LogP contribution in [0.15, 0.2) is 12.1 Å². The van der Waals surface area contributed by atoms with E-state index in [9.17, 15) is 4.79 Å². The standard InChI is InChI=1S/C11H14Cl2N2O2/c12-9-6-7(14)5-8(10(9)13)11(17)15-3-1-2-4-16/h5-6,16H,1-4,14H2,(H,15,17). The summed E-state index contributed by atoms with van der Waals surface area (Å²) in [5.74, 6) is -0.317. The maximum atomic E-state index is 11.8. The molecule has 0 aliphatic carbocycles. The number of carbonyl (C=O) groups is 1. The minimum absolute atomic E-state index is 0.112. The number of nitrogens with two attached hydrogens (primary N) is 1. The van der Waals surface area contributed by atoms with Crippen molar-refractivity contribution in [3.05, 3.63) is 27.7 Å². The van der Waals surface area contributed by atoms with Gasteiger partial charge < -0.3 is 16.2 Å². The first-order valence-electron chi connectivity index (χ1n) is 5.20. The Balaban J connectivity index is 2.69. The number of anilines is 1. The van der Waals surface area contributed by atoms with Crippen molar-refractivity contribution in [2.75, 3.05) is 18.9 Å². The van der Waals surface area contributed by atoms with Crippen LogP contribution >= 0.6 is 23.2 Å². The number of hydrogen-bond acceptors (Lipinski definition) is 3. The van der Waals surface area contributed by atoms with Crippen LogP contribution in [0.5, 0.6) is 0 Å². The van der Waals surface area contributed by atoms with Crippen molar-refractivity contribution in [2.45, 2.75) is 12.8 Å². The molecule has 4 N–H and O–H groups in total. The van der Waals surface area contributed by atoms with Crippen molar-refractivity contribution < 1.29 is 9.90 Å². The van der Waals surface area contributed by atoms with E-state index in [4.69, 9.17) is 34.0 Å². The lowest BCUT2D eigenvalue weighted by Gasteiger charge is -2.08. The molecule has 0 saturated carbocycles. The van der Waals surface area contributed by atoms with Crippen LogP contribution in [0.2, 0.25) is 10.0 Å². The second-order valence-electron chi connectivity index (χ2n) is 3.55. The second kappa shape index (κ2) is 6.69. The molecule has 17 heavy (non-hydrogen) atoms. The minimum atomic E-state index is -0.317. The molecule has 0 unspecified atom stereocenters. The monoisotopic (exact) mass is 276 g/mol. The summed E-state index contributed by atoms with van der Waals surface area (Å²) in [7, 11) is 0. The Bertz CT molecular complexity index is 411. The molecule has 4 nitrogen and oxygen atoms in total. The molecule has 0 aliphatic heterocycles. The number of rotatable bonds is 5. The van der Waals surface area contributed by atoms with E-state index in [1.165, 1.54) is 12.1 Å². The number of aliphatic hydroxyl groups is 1. The van der Waals surface area contributed by atoms with Gasteiger partial charge in [0, 0.05) is 18.8 Å². The highest BCUT2D eigenvalue weighted by Gasteiger charge is 2.13. The first-order valence-corrected chi connectivity index (χ1v) is 5.95. The van der Waals surface area contributed by atoms with Crippen molar-refractivity contribution in [3.63, 3.8) is 0 Å². The van der Waals surface area contributed by atoms with Gasteiger partial charge in [-0.15, -0.1) is 0 Å². The van der Waals surface area contributed by atoms with Crippen molar-refractivity contribution in [3.8, 4) is 0 Å². The number of hydrogen-bond donors (Lipinski definition) is 3. The minimum Gasteiger partial charge on any atom is -0.399 e. The second-order valence-corrected chi connectivity index (χ2v) is 4.34. The average molecular weight is 277 g/mol. The molecule has 1 rings (SSSR count). The van der Waals surface area contributed by atoms with E-state index in [2.05, 4.69) is 5.32 Å². The molecule has 1 aromatic carbocycles. The van der Waals surface area contributed by atoms with E-state index in [1.807, 2.05) is 0 Å². The number of amides is 1. The van der Waals surface area contributed by atoms with Crippen LogP contribution in [0, 0.1) is 0 Å². The largest absolute Gasteiger partial charge is 0.399 e. The van der Waals surface area contributed by atoms with Crippen molar-refractivity contribution in [1.29, 1.82) is 0 Å². The predicted octanol–water partition coefficient (Wildman–Crippen LogP) is 2.08. The van der Waals surface area contributed by atoms with Crippen LogP contribution < -0.4 is 11.1 Å². The third-order valence-corrected chi connectivity index (χ3v) is 2.97. The molecule has 94 valence electrons. The van der Waals surface area contributed by atoms with E-state index in [-0.39, 0.29) is 28.1 Å². The molecule has 0 bridgehead atoms. The SMILES string of the molecule is Nc1cc(Cl)c(Cl)c(C(=O)NCCCCO)c1. The van der Waals surface area contributed by atoms with Crippen LogP contribution in [-0.4, -0.2) is 24.2 Å². The Labute approximate surface area is 110 Å². The Hall–Kier alpha value is -0.970. The molecular formula is C11H14Cl2N2O2. The van der Waals surface area contributed by atoms with E-state index in [0.29, 0.717) is 25.1 Å². The van der Waals surface area contributed by atoms with Gasteiger partial charge in [-0.3, -0.25) is 4.79 Å². The van der Waals surface area contributed by atoms with Crippen molar-refractivity contribution >= 4 is 34.8 Å². The van der Waals surface area contributed by atoms with E-state index in [0.717, 1.165) is 0 Å². The quantitative estimate of drug-likeness (QED) is 0.569. The fourth-order valence-electron chi connectivity index (χ4n) is 1.31.